The molecule has 0 fully saturated rings. The minimum Gasteiger partial charge on any atom is -0.284 e. The standard InChI is InChI=1S/C13H9N3/c1-2-6-10-9(5-1)12-13(14-10)16-8-4-3-7-11(16)15-12/h1-4,6-8H,5H2. The molecule has 0 N–H and O–H groups in total. The Hall–Kier alpha value is -2.16. The first-order valence-corrected chi connectivity index (χ1v) is 5.36. The van der Waals surface area contributed by atoms with Crippen molar-refractivity contribution in [3.8, 4) is 0 Å². The largest absolute Gasteiger partial charge is 0.284 e. The Bertz CT molecular complexity index is 775. The molecular weight excluding hydrogens is 198 g/mol. The summed E-state index contributed by atoms with van der Waals surface area (Å²) in [5.41, 5.74) is 4.26. The molecule has 0 saturated carbocycles. The van der Waals surface area contributed by atoms with Crippen molar-refractivity contribution in [3.05, 3.63) is 59.2 Å². The predicted octanol–water partition coefficient (Wildman–Crippen LogP) is 0.962. The molecule has 0 atom stereocenters. The van der Waals surface area contributed by atoms with E-state index < -0.39 is 0 Å². The van der Waals surface area contributed by atoms with Crippen LogP contribution in [0.15, 0.2) is 53.3 Å². The maximum absolute atomic E-state index is 4.64. The molecule has 3 heteroatoms. The fourth-order valence-electron chi connectivity index (χ4n) is 2.28. The fraction of sp³-hybridized carbons (Fsp3) is 0.0769. The number of hydrogen-bond acceptors (Lipinski definition) is 2. The third-order valence-electron chi connectivity index (χ3n) is 3.04. The van der Waals surface area contributed by atoms with Crippen LogP contribution in [0, 0.1) is 0 Å². The summed E-state index contributed by atoms with van der Waals surface area (Å²) in [6.07, 6.45) is 9.20. The lowest BCUT2D eigenvalue weighted by Crippen LogP contribution is -2.25. The van der Waals surface area contributed by atoms with E-state index in [2.05, 4.69) is 28.2 Å². The van der Waals surface area contributed by atoms with Crippen molar-refractivity contribution in [2.24, 2.45) is 4.99 Å². The molecular formula is C13H9N3. The Morgan fingerprint density at radius 1 is 1.25 bits per heavy atom. The molecule has 16 heavy (non-hydrogen) atoms. The van der Waals surface area contributed by atoms with Gasteiger partial charge in [0.25, 0.3) is 0 Å². The van der Waals surface area contributed by atoms with Gasteiger partial charge < -0.3 is 0 Å². The van der Waals surface area contributed by atoms with E-state index in [0.29, 0.717) is 0 Å². The van der Waals surface area contributed by atoms with Gasteiger partial charge >= 0.3 is 0 Å². The van der Waals surface area contributed by atoms with Gasteiger partial charge in [-0.25, -0.2) is 9.98 Å². The molecule has 0 unspecified atom stereocenters. The van der Waals surface area contributed by atoms with E-state index in [4.69, 9.17) is 0 Å². The fourth-order valence-corrected chi connectivity index (χ4v) is 2.28. The van der Waals surface area contributed by atoms with Crippen LogP contribution < -0.4 is 10.8 Å². The molecule has 3 nitrogen and oxygen atoms in total. The van der Waals surface area contributed by atoms with Crippen molar-refractivity contribution >= 4 is 11.2 Å². The molecule has 0 amide bonds. The van der Waals surface area contributed by atoms with Crippen LogP contribution in [0.5, 0.6) is 0 Å². The van der Waals surface area contributed by atoms with E-state index in [1.54, 1.807) is 0 Å². The molecule has 76 valence electrons. The third kappa shape index (κ3) is 0.877. The number of hydrogen-bond donors (Lipinski definition) is 0. The molecule has 0 spiro atoms. The molecule has 0 saturated heterocycles. The van der Waals surface area contributed by atoms with Gasteiger partial charge in [0.1, 0.15) is 11.0 Å². The van der Waals surface area contributed by atoms with E-state index in [1.807, 2.05) is 28.8 Å². The average molecular weight is 207 g/mol. The summed E-state index contributed by atoms with van der Waals surface area (Å²) in [6.45, 7) is 0. The van der Waals surface area contributed by atoms with Crippen LogP contribution in [-0.4, -0.2) is 9.38 Å². The van der Waals surface area contributed by atoms with E-state index in [9.17, 15) is 0 Å². The summed E-state index contributed by atoms with van der Waals surface area (Å²) in [4.78, 5) is 9.27. The highest BCUT2D eigenvalue weighted by Gasteiger charge is 2.17. The molecule has 1 aliphatic heterocycles. The summed E-state index contributed by atoms with van der Waals surface area (Å²) < 4.78 is 2.04. The van der Waals surface area contributed by atoms with Gasteiger partial charge in [-0.3, -0.25) is 4.40 Å². The first-order chi connectivity index (χ1) is 7.93. The average Bonchev–Trinajstić information content (AvgIpc) is 2.85. The molecule has 4 rings (SSSR count). The van der Waals surface area contributed by atoms with Gasteiger partial charge in [-0.05, 0) is 24.6 Å². The van der Waals surface area contributed by atoms with Crippen LogP contribution in [0.2, 0.25) is 0 Å². The Balaban J connectivity index is 2.25. The minimum atomic E-state index is 0.937. The number of pyridine rings is 1. The maximum atomic E-state index is 4.64. The monoisotopic (exact) mass is 207 g/mol. The zero-order chi connectivity index (χ0) is 10.5. The number of nitrogens with zero attached hydrogens (tertiary/aromatic N) is 3. The van der Waals surface area contributed by atoms with Crippen LogP contribution in [0.4, 0.5) is 0 Å². The zero-order valence-corrected chi connectivity index (χ0v) is 8.59. The minimum absolute atomic E-state index is 0.937. The zero-order valence-electron chi connectivity index (χ0n) is 8.59. The number of aromatic nitrogens is 2. The lowest BCUT2D eigenvalue weighted by atomic mass is 10.1. The summed E-state index contributed by atoms with van der Waals surface area (Å²) in [7, 11) is 0. The second-order valence-corrected chi connectivity index (χ2v) is 3.99. The molecule has 0 bridgehead atoms. The first kappa shape index (κ1) is 8.05. The summed E-state index contributed by atoms with van der Waals surface area (Å²) >= 11 is 0. The summed E-state index contributed by atoms with van der Waals surface area (Å²) in [6, 6.07) is 6.01. The van der Waals surface area contributed by atoms with Gasteiger partial charge in [0, 0.05) is 11.8 Å². The third-order valence-corrected chi connectivity index (χ3v) is 3.04. The van der Waals surface area contributed by atoms with Crippen LogP contribution >= 0.6 is 0 Å². The number of rotatable bonds is 0. The highest BCUT2D eigenvalue weighted by atomic mass is 15.1. The summed E-state index contributed by atoms with van der Waals surface area (Å²) in [5, 5.41) is 1.04. The number of allylic oxidation sites excluding steroid dienone is 4. The molecule has 0 radical (unpaired) electrons. The Kier molecular flexibility index (Phi) is 1.36. The highest BCUT2D eigenvalue weighted by molar-refractivity contribution is 5.69. The normalized spacial score (nSPS) is 17.0. The molecule has 2 aromatic heterocycles. The van der Waals surface area contributed by atoms with Gasteiger partial charge in [-0.2, -0.15) is 0 Å². The quantitative estimate of drug-likeness (QED) is 0.632. The lowest BCUT2D eigenvalue weighted by molar-refractivity contribution is 1.06. The second kappa shape index (κ2) is 2.70. The molecule has 1 aliphatic carbocycles. The topological polar surface area (TPSA) is 29.7 Å². The lowest BCUT2D eigenvalue weighted by Gasteiger charge is -2.02. The van der Waals surface area contributed by atoms with Crippen molar-refractivity contribution < 1.29 is 0 Å². The van der Waals surface area contributed by atoms with Gasteiger partial charge in [-0.1, -0.05) is 18.2 Å². The van der Waals surface area contributed by atoms with Gasteiger partial charge in [0.05, 0.1) is 5.70 Å². The van der Waals surface area contributed by atoms with Crippen molar-refractivity contribution in [1.29, 1.82) is 0 Å². The second-order valence-electron chi connectivity index (χ2n) is 3.99. The van der Waals surface area contributed by atoms with Gasteiger partial charge in [-0.15, -0.1) is 0 Å². The first-order valence-electron chi connectivity index (χ1n) is 5.36. The SMILES string of the molecule is C1=CCC2=c3nc4ccccn4c3=NC2=C1. The smallest absolute Gasteiger partial charge is 0.165 e. The van der Waals surface area contributed by atoms with Crippen LogP contribution in [0.1, 0.15) is 6.42 Å². The van der Waals surface area contributed by atoms with Crippen molar-refractivity contribution in [2.75, 3.05) is 0 Å². The molecule has 2 aromatic rings. The van der Waals surface area contributed by atoms with E-state index >= 15 is 0 Å². The molecule has 0 aromatic carbocycles. The Morgan fingerprint density at radius 2 is 2.25 bits per heavy atom. The Morgan fingerprint density at radius 3 is 3.25 bits per heavy atom. The predicted molar refractivity (Wildman–Crippen MR) is 61.2 cm³/mol. The van der Waals surface area contributed by atoms with Crippen LogP contribution in [0.25, 0.3) is 11.2 Å². The highest BCUT2D eigenvalue weighted by Crippen LogP contribution is 2.21. The number of fused-ring (bicyclic) bond motifs is 4. The van der Waals surface area contributed by atoms with E-state index in [1.165, 1.54) is 5.57 Å². The molecule has 3 heterocycles. The van der Waals surface area contributed by atoms with Gasteiger partial charge in [0.2, 0.25) is 0 Å². The van der Waals surface area contributed by atoms with Crippen molar-refractivity contribution in [1.82, 2.24) is 9.38 Å². The van der Waals surface area contributed by atoms with Gasteiger partial charge in [0.15, 0.2) is 5.49 Å². The molecule has 2 aliphatic rings. The van der Waals surface area contributed by atoms with Crippen molar-refractivity contribution in [3.63, 3.8) is 0 Å². The van der Waals surface area contributed by atoms with Crippen molar-refractivity contribution in [2.45, 2.75) is 6.42 Å². The van der Waals surface area contributed by atoms with Crippen LogP contribution in [0.3, 0.4) is 0 Å². The number of imidazole rings is 1. The summed E-state index contributed by atoms with van der Waals surface area (Å²) in [5.74, 6) is 0. The van der Waals surface area contributed by atoms with E-state index in [-0.39, 0.29) is 0 Å². The van der Waals surface area contributed by atoms with Crippen LogP contribution in [-0.2, 0) is 0 Å². The maximum Gasteiger partial charge on any atom is 0.165 e. The Labute approximate surface area is 91.8 Å². The van der Waals surface area contributed by atoms with E-state index in [0.717, 1.165) is 28.6 Å².